The van der Waals surface area contributed by atoms with Gasteiger partial charge in [0.05, 0.1) is 13.3 Å². The van der Waals surface area contributed by atoms with Crippen LogP contribution in [0.15, 0.2) is 6.20 Å². The van der Waals surface area contributed by atoms with Gasteiger partial charge in [-0.1, -0.05) is 0 Å². The van der Waals surface area contributed by atoms with Gasteiger partial charge in [0.1, 0.15) is 0 Å². The van der Waals surface area contributed by atoms with E-state index in [9.17, 15) is 0 Å². The molecule has 0 amide bonds. The molecular weight excluding hydrogens is 192 g/mol. The molecule has 1 aromatic heterocycles. The van der Waals surface area contributed by atoms with E-state index in [-0.39, 0.29) is 0 Å². The number of rotatable bonds is 2. The first-order chi connectivity index (χ1) is 7.31. The monoisotopic (exact) mass is 208 g/mol. The molecule has 0 spiro atoms. The molecule has 1 fully saturated rings. The second-order valence-corrected chi connectivity index (χ2v) is 3.67. The maximum absolute atomic E-state index is 5.74. The Bertz CT molecular complexity index is 336. The molecule has 1 aliphatic heterocycles. The van der Waals surface area contributed by atoms with Gasteiger partial charge in [-0.2, -0.15) is 4.98 Å². The molecule has 2 N–H and O–H groups in total. The molecule has 0 unspecified atom stereocenters. The van der Waals surface area contributed by atoms with Gasteiger partial charge in [-0.05, 0) is 19.3 Å². The van der Waals surface area contributed by atoms with Crippen molar-refractivity contribution in [2.24, 2.45) is 0 Å². The number of nitrogens with zero attached hydrogens (tertiary/aromatic N) is 3. The summed E-state index contributed by atoms with van der Waals surface area (Å²) in [6, 6.07) is 0. The number of anilines is 2. The molecule has 0 atom stereocenters. The molecule has 2 rings (SSSR count). The van der Waals surface area contributed by atoms with Crippen molar-refractivity contribution >= 4 is 11.8 Å². The Hall–Kier alpha value is -1.52. The van der Waals surface area contributed by atoms with Crippen LogP contribution in [0.1, 0.15) is 19.3 Å². The van der Waals surface area contributed by atoms with Gasteiger partial charge in [0.15, 0.2) is 11.6 Å². The third kappa shape index (κ3) is 2.11. The van der Waals surface area contributed by atoms with E-state index in [4.69, 9.17) is 10.5 Å². The van der Waals surface area contributed by atoms with Crippen molar-refractivity contribution in [3.63, 3.8) is 0 Å². The first kappa shape index (κ1) is 10.0. The highest BCUT2D eigenvalue weighted by atomic mass is 16.5. The summed E-state index contributed by atoms with van der Waals surface area (Å²) < 4.78 is 5.02. The number of hydrogen-bond acceptors (Lipinski definition) is 5. The highest BCUT2D eigenvalue weighted by Crippen LogP contribution is 2.21. The molecule has 1 aliphatic rings. The Kier molecular flexibility index (Phi) is 2.89. The van der Waals surface area contributed by atoms with Crippen molar-refractivity contribution in [2.75, 3.05) is 30.8 Å². The number of aromatic nitrogens is 2. The van der Waals surface area contributed by atoms with E-state index >= 15 is 0 Å². The number of methoxy groups -OCH3 is 1. The maximum Gasteiger partial charge on any atom is 0.227 e. The molecule has 5 heteroatoms. The summed E-state index contributed by atoms with van der Waals surface area (Å²) in [4.78, 5) is 10.6. The molecule has 1 aromatic rings. The zero-order chi connectivity index (χ0) is 10.7. The van der Waals surface area contributed by atoms with Crippen LogP contribution >= 0.6 is 0 Å². The first-order valence-corrected chi connectivity index (χ1v) is 5.22. The average molecular weight is 208 g/mol. The number of piperidine rings is 1. The molecule has 82 valence electrons. The summed E-state index contributed by atoms with van der Waals surface area (Å²) in [5, 5.41) is 0. The fraction of sp³-hybridized carbons (Fsp3) is 0.600. The number of hydrogen-bond donors (Lipinski definition) is 1. The smallest absolute Gasteiger partial charge is 0.227 e. The van der Waals surface area contributed by atoms with Crippen LogP contribution in [-0.2, 0) is 0 Å². The molecule has 2 heterocycles. The third-order valence-corrected chi connectivity index (χ3v) is 2.63. The minimum atomic E-state index is 0.410. The molecule has 15 heavy (non-hydrogen) atoms. The van der Waals surface area contributed by atoms with Gasteiger partial charge in [-0.25, -0.2) is 4.98 Å². The van der Waals surface area contributed by atoms with E-state index < -0.39 is 0 Å². The Morgan fingerprint density at radius 3 is 2.67 bits per heavy atom. The van der Waals surface area contributed by atoms with Crippen molar-refractivity contribution in [1.82, 2.24) is 9.97 Å². The second kappa shape index (κ2) is 4.33. The molecule has 1 saturated heterocycles. The van der Waals surface area contributed by atoms with Crippen LogP contribution in [0.4, 0.5) is 11.8 Å². The Morgan fingerprint density at radius 1 is 1.33 bits per heavy atom. The minimum absolute atomic E-state index is 0.410. The fourth-order valence-corrected chi connectivity index (χ4v) is 1.78. The summed E-state index contributed by atoms with van der Waals surface area (Å²) in [5.74, 6) is 1.66. The van der Waals surface area contributed by atoms with E-state index in [1.807, 2.05) is 0 Å². The molecule has 0 bridgehead atoms. The summed E-state index contributed by atoms with van der Waals surface area (Å²) in [7, 11) is 1.57. The van der Waals surface area contributed by atoms with Crippen LogP contribution in [0.5, 0.6) is 5.75 Å². The number of ether oxygens (including phenoxy) is 1. The number of nitrogens with two attached hydrogens (primary N) is 1. The first-order valence-electron chi connectivity index (χ1n) is 5.22. The summed E-state index contributed by atoms with van der Waals surface area (Å²) >= 11 is 0. The lowest BCUT2D eigenvalue weighted by Gasteiger charge is -2.26. The van der Waals surface area contributed by atoms with Crippen LogP contribution in [-0.4, -0.2) is 30.2 Å². The Morgan fingerprint density at radius 2 is 2.07 bits per heavy atom. The van der Waals surface area contributed by atoms with E-state index in [1.165, 1.54) is 19.3 Å². The van der Waals surface area contributed by atoms with Gasteiger partial charge in [-0.3, -0.25) is 0 Å². The van der Waals surface area contributed by atoms with Crippen molar-refractivity contribution in [1.29, 1.82) is 0 Å². The predicted octanol–water partition coefficient (Wildman–Crippen LogP) is 1.06. The minimum Gasteiger partial charge on any atom is -0.491 e. The zero-order valence-corrected chi connectivity index (χ0v) is 8.94. The highest BCUT2D eigenvalue weighted by molar-refractivity contribution is 5.48. The van der Waals surface area contributed by atoms with E-state index in [1.54, 1.807) is 13.3 Å². The van der Waals surface area contributed by atoms with Crippen molar-refractivity contribution in [3.8, 4) is 5.75 Å². The van der Waals surface area contributed by atoms with Crippen LogP contribution in [0.2, 0.25) is 0 Å². The molecule has 0 aromatic carbocycles. The van der Waals surface area contributed by atoms with E-state index in [0.717, 1.165) is 13.1 Å². The van der Waals surface area contributed by atoms with Gasteiger partial charge >= 0.3 is 0 Å². The van der Waals surface area contributed by atoms with Crippen molar-refractivity contribution in [3.05, 3.63) is 6.20 Å². The van der Waals surface area contributed by atoms with Gasteiger partial charge in [0, 0.05) is 13.1 Å². The topological polar surface area (TPSA) is 64.3 Å². The highest BCUT2D eigenvalue weighted by Gasteiger charge is 2.14. The summed E-state index contributed by atoms with van der Waals surface area (Å²) in [6.45, 7) is 2.04. The molecule has 5 nitrogen and oxygen atoms in total. The molecule has 0 aliphatic carbocycles. The van der Waals surface area contributed by atoms with Crippen molar-refractivity contribution < 1.29 is 4.74 Å². The lowest BCUT2D eigenvalue weighted by Crippen LogP contribution is -2.31. The van der Waals surface area contributed by atoms with Gasteiger partial charge in [-0.15, -0.1) is 0 Å². The molecule has 0 saturated carbocycles. The van der Waals surface area contributed by atoms with Crippen LogP contribution in [0, 0.1) is 0 Å². The SMILES string of the molecule is COc1cnc(N2CCCCC2)nc1N. The lowest BCUT2D eigenvalue weighted by molar-refractivity contribution is 0.413. The number of nitrogen functional groups attached to an aromatic ring is 1. The van der Waals surface area contributed by atoms with Gasteiger partial charge < -0.3 is 15.4 Å². The Balaban J connectivity index is 2.17. The standard InChI is InChI=1S/C10H16N4O/c1-15-8-7-12-10(13-9(8)11)14-5-3-2-4-6-14/h7H,2-6H2,1H3,(H2,11,12,13). The fourth-order valence-electron chi connectivity index (χ4n) is 1.78. The van der Waals surface area contributed by atoms with Crippen LogP contribution < -0.4 is 15.4 Å². The summed E-state index contributed by atoms with van der Waals surface area (Å²) in [6.07, 6.45) is 5.33. The van der Waals surface area contributed by atoms with E-state index in [2.05, 4.69) is 14.9 Å². The Labute approximate surface area is 89.3 Å². The van der Waals surface area contributed by atoms with Crippen LogP contribution in [0.25, 0.3) is 0 Å². The van der Waals surface area contributed by atoms with E-state index in [0.29, 0.717) is 17.5 Å². The summed E-state index contributed by atoms with van der Waals surface area (Å²) in [5.41, 5.74) is 5.74. The van der Waals surface area contributed by atoms with Crippen LogP contribution in [0.3, 0.4) is 0 Å². The van der Waals surface area contributed by atoms with Gasteiger partial charge in [0.2, 0.25) is 5.95 Å². The second-order valence-electron chi connectivity index (χ2n) is 3.67. The normalized spacial score (nSPS) is 16.5. The molecular formula is C10H16N4O. The maximum atomic E-state index is 5.74. The third-order valence-electron chi connectivity index (χ3n) is 2.63. The quantitative estimate of drug-likeness (QED) is 0.787. The van der Waals surface area contributed by atoms with Gasteiger partial charge in [0.25, 0.3) is 0 Å². The average Bonchev–Trinajstić information content (AvgIpc) is 2.30. The lowest BCUT2D eigenvalue weighted by atomic mass is 10.1. The predicted molar refractivity (Wildman–Crippen MR) is 59.1 cm³/mol. The zero-order valence-electron chi connectivity index (χ0n) is 8.94. The molecule has 0 radical (unpaired) electrons. The largest absolute Gasteiger partial charge is 0.491 e. The van der Waals surface area contributed by atoms with Crippen molar-refractivity contribution in [2.45, 2.75) is 19.3 Å².